The van der Waals surface area contributed by atoms with Crippen molar-refractivity contribution in [3.63, 3.8) is 0 Å². The van der Waals surface area contributed by atoms with Crippen LogP contribution < -0.4 is 0 Å². The molecule has 152 valence electrons. The zero-order valence-corrected chi connectivity index (χ0v) is 19.4. The van der Waals surface area contributed by atoms with Crippen LogP contribution in [0.5, 0.6) is 0 Å². The van der Waals surface area contributed by atoms with Crippen molar-refractivity contribution in [2.75, 3.05) is 0 Å². The van der Waals surface area contributed by atoms with Crippen molar-refractivity contribution >= 4 is 26.6 Å². The first-order valence-corrected chi connectivity index (χ1v) is 12.3. The fourth-order valence-electron chi connectivity index (χ4n) is 4.04. The first kappa shape index (κ1) is 22.5. The number of hydrogen-bond donors (Lipinski definition) is 0. The quantitative estimate of drug-likeness (QED) is 0.207. The number of imidazole rings is 1. The molecule has 0 spiro atoms. The molecule has 0 radical (unpaired) electrons. The molecule has 0 aliphatic rings. The van der Waals surface area contributed by atoms with Crippen LogP contribution in [0.1, 0.15) is 96.8 Å². The molecule has 1 aromatic carbocycles. The van der Waals surface area contributed by atoms with E-state index in [1.165, 1.54) is 105 Å². The molecule has 1 heterocycles. The van der Waals surface area contributed by atoms with Gasteiger partial charge in [0.25, 0.3) is 0 Å². The van der Waals surface area contributed by atoms with Gasteiger partial charge in [0.2, 0.25) is 0 Å². The van der Waals surface area contributed by atoms with E-state index in [4.69, 9.17) is 0 Å². The summed E-state index contributed by atoms with van der Waals surface area (Å²) in [6, 6.07) is 8.71. The fraction of sp³-hybridized carbons (Fsp3) is 0.708. The molecule has 27 heavy (non-hydrogen) atoms. The Morgan fingerprint density at radius 3 is 1.63 bits per heavy atom. The maximum atomic E-state index is 3.25. The number of para-hydroxylation sites is 2. The van der Waals surface area contributed by atoms with E-state index in [9.17, 15) is 0 Å². The minimum absolute atomic E-state index is 1.13. The van der Waals surface area contributed by atoms with Gasteiger partial charge in [0.1, 0.15) is 0 Å². The summed E-state index contributed by atoms with van der Waals surface area (Å²) >= 11 is 3.25. The molecule has 2 aromatic rings. The summed E-state index contributed by atoms with van der Waals surface area (Å²) in [7, 11) is 2.15. The molecule has 0 unspecified atom stereocenters. The number of benzene rings is 1. The van der Waals surface area contributed by atoms with Gasteiger partial charge >= 0.3 is 136 Å². The molecule has 0 aliphatic heterocycles. The number of unbranched alkanes of at least 4 members (excludes halogenated alkanes) is 13. The van der Waals surface area contributed by atoms with Gasteiger partial charge in [0.05, 0.1) is 0 Å². The van der Waals surface area contributed by atoms with Crippen LogP contribution in [0.25, 0.3) is 11.0 Å². The van der Waals surface area contributed by atoms with Crippen molar-refractivity contribution < 1.29 is 0 Å². The molecule has 1 aromatic heterocycles. The van der Waals surface area contributed by atoms with Gasteiger partial charge in [-0.1, -0.05) is 39.0 Å². The average Bonchev–Trinajstić information content (AvgIpc) is 2.93. The Bertz CT molecular complexity index is 698. The molecule has 0 amide bonds. The van der Waals surface area contributed by atoms with Crippen molar-refractivity contribution in [2.45, 2.75) is 103 Å². The number of aromatic nitrogens is 2. The van der Waals surface area contributed by atoms with Crippen molar-refractivity contribution in [3.8, 4) is 0 Å². The topological polar surface area (TPSA) is 9.86 Å². The van der Waals surface area contributed by atoms with Crippen molar-refractivity contribution in [2.24, 2.45) is 7.05 Å². The Morgan fingerprint density at radius 2 is 1.11 bits per heavy atom. The zero-order valence-electron chi connectivity index (χ0n) is 17.7. The third kappa shape index (κ3) is 7.62. The normalized spacial score (nSPS) is 11.5. The average molecular weight is 436 g/mol. The van der Waals surface area contributed by atoms with Crippen LogP contribution in [0.2, 0.25) is 0 Å². The van der Waals surface area contributed by atoms with E-state index in [2.05, 4.69) is 62.9 Å². The van der Waals surface area contributed by atoms with Gasteiger partial charge in [-0.3, -0.25) is 0 Å². The molecule has 0 aliphatic carbocycles. The van der Waals surface area contributed by atoms with Gasteiger partial charge in [-0.2, -0.15) is 0 Å². The van der Waals surface area contributed by atoms with E-state index in [0.29, 0.717) is 0 Å². The Labute approximate surface area is 174 Å². The summed E-state index contributed by atoms with van der Waals surface area (Å²) in [5.41, 5.74) is 2.67. The van der Waals surface area contributed by atoms with Crippen molar-refractivity contribution in [1.82, 2.24) is 9.13 Å². The van der Waals surface area contributed by atoms with Crippen LogP contribution >= 0.6 is 0 Å². The summed E-state index contributed by atoms with van der Waals surface area (Å²) in [4.78, 5) is 0. The molecular formula is C24H40N2Se. The van der Waals surface area contributed by atoms with Crippen LogP contribution in [0.15, 0.2) is 24.3 Å². The summed E-state index contributed by atoms with van der Waals surface area (Å²) in [6.45, 7) is 3.42. The number of hydrogen-bond acceptors (Lipinski definition) is 0. The van der Waals surface area contributed by atoms with Crippen LogP contribution in [-0.4, -0.2) is 24.7 Å². The Balaban J connectivity index is 1.49. The number of fused-ring (bicyclic) bond motifs is 1. The Morgan fingerprint density at radius 1 is 0.667 bits per heavy atom. The van der Waals surface area contributed by atoms with E-state index < -0.39 is 0 Å². The van der Waals surface area contributed by atoms with E-state index in [1.54, 1.807) is 0 Å². The molecule has 0 bridgehead atoms. The van der Waals surface area contributed by atoms with Crippen molar-refractivity contribution in [3.05, 3.63) is 28.6 Å². The second kappa shape index (κ2) is 13.4. The van der Waals surface area contributed by atoms with Crippen LogP contribution in [0.4, 0.5) is 0 Å². The molecule has 0 saturated heterocycles. The third-order valence-corrected chi connectivity index (χ3v) is 6.82. The molecular weight excluding hydrogens is 395 g/mol. The van der Waals surface area contributed by atoms with Crippen LogP contribution in [0.3, 0.4) is 0 Å². The summed E-state index contributed by atoms with van der Waals surface area (Å²) < 4.78 is 5.94. The monoisotopic (exact) mass is 436 g/mol. The summed E-state index contributed by atoms with van der Waals surface area (Å²) in [6.07, 6.45) is 19.9. The number of aryl methyl sites for hydroxylation is 2. The van der Waals surface area contributed by atoms with Gasteiger partial charge in [-0.15, -0.1) is 0 Å². The predicted octanol–water partition coefficient (Wildman–Crippen LogP) is 7.16. The minimum atomic E-state index is 1.13. The molecule has 0 saturated carbocycles. The van der Waals surface area contributed by atoms with Gasteiger partial charge in [-0.05, 0) is 0 Å². The SMILES string of the molecule is CCCCCCCCCCCCCCCCn1c(=[Se])n(C)c2ccccc21. The molecule has 0 N–H and O–H groups in total. The van der Waals surface area contributed by atoms with Gasteiger partial charge < -0.3 is 0 Å². The summed E-state index contributed by atoms with van der Waals surface area (Å²) in [5, 5.41) is 0. The molecule has 2 nitrogen and oxygen atoms in total. The van der Waals surface area contributed by atoms with E-state index in [-0.39, 0.29) is 0 Å². The summed E-state index contributed by atoms with van der Waals surface area (Å²) in [5.74, 6) is 0. The Kier molecular flexibility index (Phi) is 11.2. The van der Waals surface area contributed by atoms with E-state index >= 15 is 0 Å². The number of nitrogens with zero attached hydrogens (tertiary/aromatic N) is 2. The van der Waals surface area contributed by atoms with Gasteiger partial charge in [0, 0.05) is 0 Å². The van der Waals surface area contributed by atoms with Crippen molar-refractivity contribution in [1.29, 1.82) is 0 Å². The second-order valence-corrected chi connectivity index (χ2v) is 8.84. The number of rotatable bonds is 15. The Hall–Kier alpha value is -0.791. The second-order valence-electron chi connectivity index (χ2n) is 8.08. The molecule has 0 atom stereocenters. The fourth-order valence-corrected chi connectivity index (χ4v) is 4.65. The standard InChI is InChI=1S/C24H40N2Se/c1-3-4-5-6-7-8-9-10-11-12-13-14-15-18-21-26-23-20-17-16-19-22(23)25(2)24(26)27/h16-17,19-20H,3-15,18,21H2,1-2H3. The predicted molar refractivity (Wildman–Crippen MR) is 120 cm³/mol. The zero-order chi connectivity index (χ0) is 19.3. The molecule has 3 heteroatoms. The van der Waals surface area contributed by atoms with Gasteiger partial charge in [0.15, 0.2) is 0 Å². The molecule has 2 rings (SSSR count). The van der Waals surface area contributed by atoms with Crippen LogP contribution in [0, 0.1) is 4.32 Å². The first-order valence-electron chi connectivity index (χ1n) is 11.4. The molecule has 0 fully saturated rings. The third-order valence-electron chi connectivity index (χ3n) is 5.79. The van der Waals surface area contributed by atoms with Crippen LogP contribution in [-0.2, 0) is 13.6 Å². The van der Waals surface area contributed by atoms with Gasteiger partial charge in [-0.25, -0.2) is 0 Å². The van der Waals surface area contributed by atoms with E-state index in [1.807, 2.05) is 0 Å². The first-order chi connectivity index (χ1) is 13.3. The van der Waals surface area contributed by atoms with E-state index in [0.717, 1.165) is 6.54 Å². The maximum absolute atomic E-state index is 3.25.